The molecule has 0 saturated carbocycles. The van der Waals surface area contributed by atoms with Crippen molar-refractivity contribution in [1.82, 2.24) is 4.90 Å². The second kappa shape index (κ2) is 15.0. The fourth-order valence-electron chi connectivity index (χ4n) is 4.92. The van der Waals surface area contributed by atoms with Gasteiger partial charge in [0.15, 0.2) is 0 Å². The smallest absolute Gasteiger partial charge is 0.411 e. The molecule has 0 unspecified atom stereocenters. The molecule has 1 aliphatic heterocycles. The molecule has 1 aliphatic rings. The quantitative estimate of drug-likeness (QED) is 0.223. The van der Waals surface area contributed by atoms with Gasteiger partial charge in [-0.3, -0.25) is 5.32 Å². The third-order valence-corrected chi connectivity index (χ3v) is 7.65. The highest BCUT2D eigenvalue weighted by Crippen LogP contribution is 2.28. The Hall–Kier alpha value is -2.37. The predicted octanol–water partition coefficient (Wildman–Crippen LogP) is 7.19. The molecule has 2 aromatic rings. The van der Waals surface area contributed by atoms with Gasteiger partial charge in [-0.05, 0) is 57.2 Å². The van der Waals surface area contributed by atoms with Gasteiger partial charge in [-0.25, -0.2) is 4.79 Å². The number of ether oxygens (including phenoxy) is 1. The number of likely N-dealkylation sites (tertiary alicyclic amines) is 1. The van der Waals surface area contributed by atoms with Gasteiger partial charge in [0, 0.05) is 18.7 Å². The summed E-state index contributed by atoms with van der Waals surface area (Å²) in [5.74, 6) is 0. The Morgan fingerprint density at radius 2 is 1.50 bits per heavy atom. The van der Waals surface area contributed by atoms with Gasteiger partial charge in [0.05, 0.1) is 32.9 Å². The van der Waals surface area contributed by atoms with Crippen molar-refractivity contribution in [2.24, 2.45) is 0 Å². The first-order chi connectivity index (χ1) is 17.5. The minimum atomic E-state index is -0.353. The van der Waals surface area contributed by atoms with Gasteiger partial charge in [-0.1, -0.05) is 74.2 Å². The van der Waals surface area contributed by atoms with Crippen molar-refractivity contribution >= 4 is 11.8 Å². The third-order valence-electron chi connectivity index (χ3n) is 7.65. The average molecular weight is 495 g/mol. The molecule has 0 atom stereocenters. The number of amides is 1. The molecular weight excluding hydrogens is 446 g/mol. The summed E-state index contributed by atoms with van der Waals surface area (Å²) in [5, 5.41) is 2.97. The normalized spacial score (nSPS) is 15.1. The SMILES string of the molecule is CC[N+](C)(C)CCCCCCCCCN1CCC(OC(=O)Nc2ccccc2-c2ccccc2)CC1. The number of rotatable bonds is 14. The predicted molar refractivity (Wildman–Crippen MR) is 151 cm³/mol. The molecule has 1 saturated heterocycles. The van der Waals surface area contributed by atoms with E-state index in [4.69, 9.17) is 4.74 Å². The molecule has 0 radical (unpaired) electrons. The molecule has 1 fully saturated rings. The minimum Gasteiger partial charge on any atom is -0.446 e. The highest BCUT2D eigenvalue weighted by Gasteiger charge is 2.22. The molecular formula is C31H48N3O2+. The van der Waals surface area contributed by atoms with Crippen LogP contribution in [0.1, 0.15) is 64.7 Å². The molecule has 2 aromatic carbocycles. The van der Waals surface area contributed by atoms with E-state index in [2.05, 4.69) is 43.4 Å². The molecule has 198 valence electrons. The number of unbranched alkanes of at least 4 members (excludes halogenated alkanes) is 6. The molecule has 0 aliphatic carbocycles. The van der Waals surface area contributed by atoms with E-state index in [0.29, 0.717) is 0 Å². The number of carbonyl (C=O) groups excluding carboxylic acids is 1. The summed E-state index contributed by atoms with van der Waals surface area (Å²) >= 11 is 0. The van der Waals surface area contributed by atoms with Crippen LogP contribution in [0, 0.1) is 0 Å². The lowest BCUT2D eigenvalue weighted by Crippen LogP contribution is -2.39. The van der Waals surface area contributed by atoms with E-state index >= 15 is 0 Å². The molecule has 1 amide bonds. The van der Waals surface area contributed by atoms with Crippen LogP contribution in [0.2, 0.25) is 0 Å². The first kappa shape index (κ1) is 28.2. The number of para-hydroxylation sites is 1. The van der Waals surface area contributed by atoms with Gasteiger partial charge in [0.1, 0.15) is 6.10 Å². The summed E-state index contributed by atoms with van der Waals surface area (Å²) in [5.41, 5.74) is 2.87. The molecule has 1 N–H and O–H groups in total. The lowest BCUT2D eigenvalue weighted by atomic mass is 10.0. The molecule has 5 nitrogen and oxygen atoms in total. The van der Waals surface area contributed by atoms with Crippen LogP contribution in [-0.4, -0.2) is 68.4 Å². The van der Waals surface area contributed by atoms with E-state index in [9.17, 15) is 4.79 Å². The topological polar surface area (TPSA) is 41.6 Å². The first-order valence-corrected chi connectivity index (χ1v) is 14.1. The monoisotopic (exact) mass is 494 g/mol. The van der Waals surface area contributed by atoms with E-state index in [1.54, 1.807) is 0 Å². The second-order valence-electron chi connectivity index (χ2n) is 10.9. The maximum atomic E-state index is 12.6. The highest BCUT2D eigenvalue weighted by molar-refractivity contribution is 5.91. The van der Waals surface area contributed by atoms with Crippen molar-refractivity contribution in [2.75, 3.05) is 52.1 Å². The van der Waals surface area contributed by atoms with Gasteiger partial charge in [0.25, 0.3) is 0 Å². The van der Waals surface area contributed by atoms with Crippen LogP contribution < -0.4 is 5.32 Å². The number of hydrogen-bond acceptors (Lipinski definition) is 3. The number of quaternary nitrogens is 1. The zero-order valence-corrected chi connectivity index (χ0v) is 22.9. The number of nitrogens with one attached hydrogen (secondary N) is 1. The van der Waals surface area contributed by atoms with Crippen LogP contribution in [0.4, 0.5) is 10.5 Å². The number of anilines is 1. The van der Waals surface area contributed by atoms with Crippen molar-refractivity contribution in [3.05, 3.63) is 54.6 Å². The van der Waals surface area contributed by atoms with Gasteiger partial charge >= 0.3 is 6.09 Å². The molecule has 0 bridgehead atoms. The number of benzene rings is 2. The molecule has 0 spiro atoms. The van der Waals surface area contributed by atoms with Gasteiger partial charge < -0.3 is 14.1 Å². The summed E-state index contributed by atoms with van der Waals surface area (Å²) in [4.78, 5) is 15.1. The van der Waals surface area contributed by atoms with Gasteiger partial charge in [-0.15, -0.1) is 0 Å². The lowest BCUT2D eigenvalue weighted by molar-refractivity contribution is -0.888. The van der Waals surface area contributed by atoms with Crippen molar-refractivity contribution in [1.29, 1.82) is 0 Å². The largest absolute Gasteiger partial charge is 0.446 e. The summed E-state index contributed by atoms with van der Waals surface area (Å²) < 4.78 is 6.92. The number of piperidine rings is 1. The summed E-state index contributed by atoms with van der Waals surface area (Å²) in [6.45, 7) is 8.01. The third kappa shape index (κ3) is 9.94. The number of hydrogen-bond donors (Lipinski definition) is 1. The molecule has 36 heavy (non-hydrogen) atoms. The zero-order valence-electron chi connectivity index (χ0n) is 22.9. The van der Waals surface area contributed by atoms with Crippen LogP contribution in [0.3, 0.4) is 0 Å². The van der Waals surface area contributed by atoms with Crippen molar-refractivity contribution in [3.8, 4) is 11.1 Å². The van der Waals surface area contributed by atoms with Crippen LogP contribution >= 0.6 is 0 Å². The Kier molecular flexibility index (Phi) is 11.8. The Morgan fingerprint density at radius 1 is 0.889 bits per heavy atom. The zero-order chi connectivity index (χ0) is 25.6. The maximum Gasteiger partial charge on any atom is 0.411 e. The van der Waals surface area contributed by atoms with Crippen molar-refractivity contribution in [2.45, 2.75) is 70.8 Å². The Bertz CT molecular complexity index is 892. The van der Waals surface area contributed by atoms with E-state index < -0.39 is 0 Å². The van der Waals surface area contributed by atoms with Crippen molar-refractivity contribution in [3.63, 3.8) is 0 Å². The Labute approximate surface area is 219 Å². The lowest BCUT2D eigenvalue weighted by Gasteiger charge is -2.31. The van der Waals surface area contributed by atoms with Crippen LogP contribution in [0.15, 0.2) is 54.6 Å². The Balaban J connectivity index is 1.26. The number of carbonyl (C=O) groups is 1. The molecule has 5 heteroatoms. The fraction of sp³-hybridized carbons (Fsp3) is 0.581. The summed E-state index contributed by atoms with van der Waals surface area (Å²) in [6, 6.07) is 18.0. The second-order valence-corrected chi connectivity index (χ2v) is 10.9. The Morgan fingerprint density at radius 3 is 2.19 bits per heavy atom. The van der Waals surface area contributed by atoms with E-state index in [1.807, 2.05) is 42.5 Å². The molecule has 3 rings (SSSR count). The maximum absolute atomic E-state index is 12.6. The van der Waals surface area contributed by atoms with Crippen LogP contribution in [-0.2, 0) is 4.74 Å². The van der Waals surface area contributed by atoms with Crippen LogP contribution in [0.5, 0.6) is 0 Å². The highest BCUT2D eigenvalue weighted by atomic mass is 16.6. The average Bonchev–Trinajstić information content (AvgIpc) is 2.89. The number of nitrogens with zero attached hydrogens (tertiary/aromatic N) is 2. The standard InChI is InChI=1S/C31H47N3O2/c1-4-34(2,3)26-16-9-7-5-6-8-15-23-33-24-21-28(22-25-33)36-31(35)32-30-20-14-13-19-29(30)27-17-11-10-12-18-27/h10-14,17-20,28H,4-9,15-16,21-26H2,1-3H3/p+1. The van der Waals surface area contributed by atoms with Gasteiger partial charge in [-0.2, -0.15) is 0 Å². The van der Waals surface area contributed by atoms with E-state index in [1.165, 1.54) is 64.6 Å². The van der Waals surface area contributed by atoms with Crippen LogP contribution in [0.25, 0.3) is 11.1 Å². The summed E-state index contributed by atoms with van der Waals surface area (Å²) in [7, 11) is 4.66. The van der Waals surface area contributed by atoms with E-state index in [0.717, 1.165) is 47.2 Å². The minimum absolute atomic E-state index is 0.00134. The van der Waals surface area contributed by atoms with Crippen molar-refractivity contribution < 1.29 is 14.0 Å². The summed E-state index contributed by atoms with van der Waals surface area (Å²) in [6.07, 6.45) is 10.9. The van der Waals surface area contributed by atoms with Gasteiger partial charge in [0.2, 0.25) is 0 Å². The van der Waals surface area contributed by atoms with E-state index in [-0.39, 0.29) is 12.2 Å². The molecule has 1 heterocycles. The first-order valence-electron chi connectivity index (χ1n) is 14.1. The molecule has 0 aromatic heterocycles. The fourth-order valence-corrected chi connectivity index (χ4v) is 4.92.